The fourth-order valence-electron chi connectivity index (χ4n) is 3.60. The standard InChI is InChI=1S/C23H15Cl2FN4OS/c24-15-8-3-1-6-13(15)12-32-23-28-22(31)20-14-7-2-4-11-18(14)27-21(30(20)29-23)19-16(25)9-5-10-17(19)26/h1-11,21H,12H2,(H,28,29,31)/t21-/m0/s1. The van der Waals surface area contributed by atoms with Crippen LogP contribution < -0.4 is 15.9 Å². The van der Waals surface area contributed by atoms with Gasteiger partial charge >= 0.3 is 0 Å². The van der Waals surface area contributed by atoms with Crippen LogP contribution in [0.4, 0.5) is 4.39 Å². The van der Waals surface area contributed by atoms with E-state index in [-0.39, 0.29) is 16.5 Å². The minimum atomic E-state index is -0.921. The van der Waals surface area contributed by atoms with E-state index >= 15 is 0 Å². The molecule has 2 aliphatic rings. The normalized spacial score (nSPS) is 17.2. The lowest BCUT2D eigenvalue weighted by molar-refractivity contribution is -0.116. The summed E-state index contributed by atoms with van der Waals surface area (Å²) in [7, 11) is 0. The summed E-state index contributed by atoms with van der Waals surface area (Å²) in [6.45, 7) is 0. The second kappa shape index (κ2) is 8.58. The summed E-state index contributed by atoms with van der Waals surface area (Å²) in [5.74, 6) is -0.362. The molecule has 0 bridgehead atoms. The molecule has 1 amide bonds. The quantitative estimate of drug-likeness (QED) is 0.605. The Hall–Kier alpha value is -2.87. The van der Waals surface area contributed by atoms with Crippen LogP contribution in [0.3, 0.4) is 0 Å². The lowest BCUT2D eigenvalue weighted by atomic mass is 10.1. The number of fused-ring (bicyclic) bond motifs is 2. The second-order valence-corrected chi connectivity index (χ2v) is 8.87. The number of carbonyl (C=O) groups is 1. The molecular formula is C23H15Cl2FN4OS. The number of rotatable bonds is 3. The third kappa shape index (κ3) is 3.77. The van der Waals surface area contributed by atoms with Crippen LogP contribution in [0, 0.1) is 5.82 Å². The number of hydrogen-bond donors (Lipinski definition) is 1. The van der Waals surface area contributed by atoms with Crippen molar-refractivity contribution in [2.45, 2.75) is 11.9 Å². The van der Waals surface area contributed by atoms with Gasteiger partial charge in [-0.2, -0.15) is 0 Å². The van der Waals surface area contributed by atoms with Crippen LogP contribution in [0.15, 0.2) is 76.8 Å². The predicted octanol–water partition coefficient (Wildman–Crippen LogP) is 4.21. The van der Waals surface area contributed by atoms with Crippen LogP contribution in [-0.2, 0) is 10.5 Å². The lowest BCUT2D eigenvalue weighted by Crippen LogP contribution is -2.50. The predicted molar refractivity (Wildman–Crippen MR) is 125 cm³/mol. The Bertz CT molecular complexity index is 1370. The molecule has 0 radical (unpaired) electrons. The highest BCUT2D eigenvalue weighted by Crippen LogP contribution is 2.36. The van der Waals surface area contributed by atoms with E-state index in [0.29, 0.717) is 32.2 Å². The third-order valence-corrected chi connectivity index (χ3v) is 6.71. The summed E-state index contributed by atoms with van der Waals surface area (Å²) in [6, 6.07) is 19.1. The molecule has 1 N–H and O–H groups in total. The molecular weight excluding hydrogens is 470 g/mol. The van der Waals surface area contributed by atoms with Crippen LogP contribution in [0.1, 0.15) is 17.3 Å². The zero-order valence-electron chi connectivity index (χ0n) is 16.4. The van der Waals surface area contributed by atoms with Crippen molar-refractivity contribution in [2.24, 2.45) is 10.1 Å². The molecule has 5 nitrogen and oxygen atoms in total. The Morgan fingerprint density at radius 3 is 2.56 bits per heavy atom. The molecule has 0 fully saturated rings. The number of nitrogens with zero attached hydrogens (tertiary/aromatic N) is 3. The maximum Gasteiger partial charge on any atom is 0.276 e. The van der Waals surface area contributed by atoms with Gasteiger partial charge in [0.25, 0.3) is 5.91 Å². The van der Waals surface area contributed by atoms with Crippen LogP contribution in [0.25, 0.3) is 5.70 Å². The molecule has 1 atom stereocenters. The zero-order valence-corrected chi connectivity index (χ0v) is 18.8. The second-order valence-electron chi connectivity index (χ2n) is 7.09. The number of benzene rings is 3. The minimum absolute atomic E-state index is 0.162. The van der Waals surface area contributed by atoms with E-state index in [9.17, 15) is 9.18 Å². The molecule has 160 valence electrons. The van der Waals surface area contributed by atoms with Crippen LogP contribution in [0.2, 0.25) is 10.0 Å². The smallest absolute Gasteiger partial charge is 0.276 e. The molecule has 2 heterocycles. The summed E-state index contributed by atoms with van der Waals surface area (Å²) < 4.78 is 14.8. The molecule has 3 aromatic rings. The summed E-state index contributed by atoms with van der Waals surface area (Å²) in [5.41, 5.74) is 1.37. The summed E-state index contributed by atoms with van der Waals surface area (Å²) in [4.78, 5) is 17.8. The maximum absolute atomic E-state index is 14.8. The molecule has 3 aromatic carbocycles. The molecule has 9 heteroatoms. The van der Waals surface area contributed by atoms with Gasteiger partial charge in [0.15, 0.2) is 11.3 Å². The number of hydrogen-bond acceptors (Lipinski definition) is 5. The Balaban J connectivity index is 1.61. The molecule has 2 aliphatic heterocycles. The van der Waals surface area contributed by atoms with Gasteiger partial charge in [-0.1, -0.05) is 77.4 Å². The van der Waals surface area contributed by atoms with Crippen molar-refractivity contribution in [3.05, 3.63) is 104 Å². The van der Waals surface area contributed by atoms with Crippen LogP contribution in [-0.4, -0.2) is 16.1 Å². The number of thioether (sulfide) groups is 1. The Kier molecular flexibility index (Phi) is 5.63. The molecule has 0 saturated carbocycles. The topological polar surface area (TPSA) is 57.1 Å². The molecule has 0 saturated heterocycles. The number of hydrazone groups is 1. The first-order valence-corrected chi connectivity index (χ1v) is 11.4. The first-order chi connectivity index (χ1) is 15.5. The Labute approximate surface area is 197 Å². The number of amidine groups is 1. The number of nitrogens with one attached hydrogen (secondary N) is 1. The van der Waals surface area contributed by atoms with E-state index in [1.807, 2.05) is 30.3 Å². The SMILES string of the molecule is O=C1NC(SCc2ccccc2Cl)=NN2C1=c1ccccc1=N[C@@H]2c1c(F)cccc1Cl. The molecule has 5 rings (SSSR count). The first kappa shape index (κ1) is 21.0. The van der Waals surface area contributed by atoms with E-state index in [1.54, 1.807) is 24.3 Å². The highest BCUT2D eigenvalue weighted by Gasteiger charge is 2.36. The van der Waals surface area contributed by atoms with E-state index in [4.69, 9.17) is 23.2 Å². The maximum atomic E-state index is 14.8. The zero-order chi connectivity index (χ0) is 22.2. The van der Waals surface area contributed by atoms with Gasteiger partial charge in [-0.25, -0.2) is 9.40 Å². The third-order valence-electron chi connectivity index (χ3n) is 5.10. The van der Waals surface area contributed by atoms with Gasteiger partial charge < -0.3 is 0 Å². The van der Waals surface area contributed by atoms with Crippen molar-refractivity contribution in [2.75, 3.05) is 0 Å². The lowest BCUT2D eigenvalue weighted by Gasteiger charge is -2.34. The summed E-state index contributed by atoms with van der Waals surface area (Å²) >= 11 is 13.9. The Morgan fingerprint density at radius 1 is 1.00 bits per heavy atom. The van der Waals surface area contributed by atoms with Crippen molar-refractivity contribution in [3.63, 3.8) is 0 Å². The molecule has 0 spiro atoms. The molecule has 0 unspecified atom stereocenters. The fourth-order valence-corrected chi connectivity index (χ4v) is 5.00. The largest absolute Gasteiger partial charge is 0.298 e. The summed E-state index contributed by atoms with van der Waals surface area (Å²) in [5, 5.41) is 11.3. The van der Waals surface area contributed by atoms with E-state index < -0.39 is 12.0 Å². The van der Waals surface area contributed by atoms with Crippen molar-refractivity contribution >= 4 is 51.7 Å². The number of amides is 1. The van der Waals surface area contributed by atoms with Crippen molar-refractivity contribution in [1.29, 1.82) is 0 Å². The van der Waals surface area contributed by atoms with Gasteiger partial charge in [-0.3, -0.25) is 15.1 Å². The first-order valence-electron chi connectivity index (χ1n) is 9.69. The van der Waals surface area contributed by atoms with Crippen molar-refractivity contribution < 1.29 is 9.18 Å². The number of para-hydroxylation sites is 1. The van der Waals surface area contributed by atoms with Gasteiger partial charge in [-0.05, 0) is 29.8 Å². The van der Waals surface area contributed by atoms with Crippen molar-refractivity contribution in [1.82, 2.24) is 10.3 Å². The molecule has 0 aliphatic carbocycles. The Morgan fingerprint density at radius 2 is 1.75 bits per heavy atom. The van der Waals surface area contributed by atoms with Crippen LogP contribution in [0.5, 0.6) is 0 Å². The van der Waals surface area contributed by atoms with E-state index in [1.165, 1.54) is 28.9 Å². The molecule has 32 heavy (non-hydrogen) atoms. The molecule has 0 aromatic heterocycles. The van der Waals surface area contributed by atoms with Crippen LogP contribution >= 0.6 is 35.0 Å². The van der Waals surface area contributed by atoms with Gasteiger partial charge in [0.2, 0.25) is 0 Å². The average molecular weight is 485 g/mol. The highest BCUT2D eigenvalue weighted by atomic mass is 35.5. The highest BCUT2D eigenvalue weighted by molar-refractivity contribution is 8.13. The minimum Gasteiger partial charge on any atom is -0.298 e. The van der Waals surface area contributed by atoms with Gasteiger partial charge in [0, 0.05) is 16.0 Å². The van der Waals surface area contributed by atoms with E-state index in [0.717, 1.165) is 5.56 Å². The van der Waals surface area contributed by atoms with E-state index in [2.05, 4.69) is 15.4 Å². The average Bonchev–Trinajstić information content (AvgIpc) is 2.78. The number of halogens is 3. The number of carbonyl (C=O) groups excluding carboxylic acids is 1. The fraction of sp³-hybridized carbons (Fsp3) is 0.0870. The monoisotopic (exact) mass is 484 g/mol. The van der Waals surface area contributed by atoms with Gasteiger partial charge in [-0.15, -0.1) is 5.10 Å². The van der Waals surface area contributed by atoms with Gasteiger partial charge in [0.1, 0.15) is 11.5 Å². The van der Waals surface area contributed by atoms with Gasteiger partial charge in [0.05, 0.1) is 15.9 Å². The summed E-state index contributed by atoms with van der Waals surface area (Å²) in [6.07, 6.45) is -0.921. The van der Waals surface area contributed by atoms with Crippen molar-refractivity contribution in [3.8, 4) is 0 Å².